The summed E-state index contributed by atoms with van der Waals surface area (Å²) >= 11 is 7.25. The van der Waals surface area contributed by atoms with E-state index in [2.05, 4.69) is 20.8 Å². The first kappa shape index (κ1) is 20.8. The third kappa shape index (κ3) is 7.32. The largest absolute Gasteiger partial charge is 0.456 e. The van der Waals surface area contributed by atoms with Crippen LogP contribution < -0.4 is 10.6 Å². The molecule has 1 aromatic heterocycles. The highest BCUT2D eigenvalue weighted by Gasteiger charge is 2.11. The first-order chi connectivity index (χ1) is 12.8. The number of nitrogens with one attached hydrogen (secondary N) is 2. The third-order valence-corrected chi connectivity index (χ3v) is 4.54. The zero-order valence-electron chi connectivity index (χ0n) is 14.9. The van der Waals surface area contributed by atoms with Crippen molar-refractivity contribution in [1.82, 2.24) is 10.2 Å². The van der Waals surface area contributed by atoms with Crippen LogP contribution in [-0.2, 0) is 19.1 Å². The lowest BCUT2D eigenvalue weighted by Crippen LogP contribution is -2.21. The van der Waals surface area contributed by atoms with Gasteiger partial charge >= 0.3 is 5.97 Å². The van der Waals surface area contributed by atoms with E-state index in [0.717, 1.165) is 10.6 Å². The van der Waals surface area contributed by atoms with Crippen LogP contribution in [0.1, 0.15) is 29.8 Å². The second kappa shape index (κ2) is 9.98. The molecule has 1 aromatic carbocycles. The molecule has 0 aliphatic heterocycles. The van der Waals surface area contributed by atoms with Crippen LogP contribution >= 0.6 is 22.9 Å². The summed E-state index contributed by atoms with van der Waals surface area (Å²) in [6.07, 6.45) is 0.478. The van der Waals surface area contributed by atoms with Gasteiger partial charge in [0.05, 0.1) is 0 Å². The number of carbonyl (C=O) groups is 3. The predicted octanol–water partition coefficient (Wildman–Crippen LogP) is 3.10. The average molecular weight is 411 g/mol. The number of rotatable bonds is 8. The Morgan fingerprint density at radius 1 is 1.11 bits per heavy atom. The standard InChI is InChI=1S/C17H19ClN4O4S/c1-10-6-7-12(8-13(10)18)19-15(24)9-26-16(25)5-3-4-14(23)20-17-22-21-11(2)27-17/h6-8H,3-5,9H2,1-2H3,(H,19,24)(H,20,22,23). The van der Waals surface area contributed by atoms with E-state index in [-0.39, 0.29) is 18.7 Å². The van der Waals surface area contributed by atoms with Crippen LogP contribution in [0.2, 0.25) is 5.02 Å². The van der Waals surface area contributed by atoms with Gasteiger partial charge in [0.1, 0.15) is 5.01 Å². The van der Waals surface area contributed by atoms with Crippen LogP contribution in [0.25, 0.3) is 0 Å². The quantitative estimate of drug-likeness (QED) is 0.647. The summed E-state index contributed by atoms with van der Waals surface area (Å²) in [7, 11) is 0. The Morgan fingerprint density at radius 3 is 2.56 bits per heavy atom. The van der Waals surface area contributed by atoms with E-state index >= 15 is 0 Å². The first-order valence-corrected chi connectivity index (χ1v) is 9.34. The molecule has 2 N–H and O–H groups in total. The fourth-order valence-corrected chi connectivity index (χ4v) is 2.80. The van der Waals surface area contributed by atoms with Gasteiger partial charge in [0.25, 0.3) is 5.91 Å². The molecule has 2 aromatic rings. The Labute approximate surface area is 165 Å². The Balaban J connectivity index is 1.63. The number of amides is 2. The van der Waals surface area contributed by atoms with Crippen molar-refractivity contribution in [3.05, 3.63) is 33.8 Å². The highest BCUT2D eigenvalue weighted by molar-refractivity contribution is 7.15. The summed E-state index contributed by atoms with van der Waals surface area (Å²) in [5, 5.41) is 14.5. The summed E-state index contributed by atoms with van der Waals surface area (Å²) in [6, 6.07) is 5.10. The summed E-state index contributed by atoms with van der Waals surface area (Å²) in [5.74, 6) is -1.27. The normalized spacial score (nSPS) is 10.3. The van der Waals surface area contributed by atoms with Crippen molar-refractivity contribution < 1.29 is 19.1 Å². The number of halogens is 1. The zero-order valence-corrected chi connectivity index (χ0v) is 16.4. The Hall–Kier alpha value is -2.52. The lowest BCUT2D eigenvalue weighted by Gasteiger charge is -2.08. The Kier molecular flexibility index (Phi) is 7.68. The number of aromatic nitrogens is 2. The van der Waals surface area contributed by atoms with Gasteiger partial charge in [0.15, 0.2) is 6.61 Å². The van der Waals surface area contributed by atoms with Crippen molar-refractivity contribution in [2.24, 2.45) is 0 Å². The van der Waals surface area contributed by atoms with Gasteiger partial charge in [-0.15, -0.1) is 10.2 Å². The van der Waals surface area contributed by atoms with Gasteiger partial charge in [-0.2, -0.15) is 0 Å². The van der Waals surface area contributed by atoms with Crippen LogP contribution in [0.3, 0.4) is 0 Å². The van der Waals surface area contributed by atoms with Crippen molar-refractivity contribution in [3.8, 4) is 0 Å². The number of aryl methyl sites for hydroxylation is 2. The molecule has 2 rings (SSSR count). The SMILES string of the molecule is Cc1nnc(NC(=O)CCCC(=O)OCC(=O)Nc2ccc(C)c(Cl)c2)s1. The minimum Gasteiger partial charge on any atom is -0.456 e. The van der Waals surface area contributed by atoms with E-state index in [1.54, 1.807) is 25.1 Å². The molecule has 0 aliphatic carbocycles. The maximum Gasteiger partial charge on any atom is 0.306 e. The van der Waals surface area contributed by atoms with Crippen LogP contribution in [-0.4, -0.2) is 34.6 Å². The van der Waals surface area contributed by atoms with E-state index in [1.165, 1.54) is 11.3 Å². The van der Waals surface area contributed by atoms with E-state index in [1.807, 2.05) is 6.92 Å². The molecule has 27 heavy (non-hydrogen) atoms. The van der Waals surface area contributed by atoms with E-state index in [9.17, 15) is 14.4 Å². The molecule has 0 aliphatic rings. The highest BCUT2D eigenvalue weighted by atomic mass is 35.5. The molecule has 0 fully saturated rings. The van der Waals surface area contributed by atoms with Crippen molar-refractivity contribution >= 4 is 51.5 Å². The third-order valence-electron chi connectivity index (χ3n) is 3.38. The molecule has 0 saturated carbocycles. The average Bonchev–Trinajstić information content (AvgIpc) is 3.01. The molecule has 144 valence electrons. The van der Waals surface area contributed by atoms with Crippen LogP contribution in [0.15, 0.2) is 18.2 Å². The summed E-state index contributed by atoms with van der Waals surface area (Å²) in [4.78, 5) is 35.2. The van der Waals surface area contributed by atoms with Crippen molar-refractivity contribution in [2.75, 3.05) is 17.2 Å². The molecule has 0 saturated heterocycles. The maximum absolute atomic E-state index is 11.8. The summed E-state index contributed by atoms with van der Waals surface area (Å²) in [6.45, 7) is 3.23. The number of carbonyl (C=O) groups excluding carboxylic acids is 3. The first-order valence-electron chi connectivity index (χ1n) is 8.15. The number of anilines is 2. The Bertz CT molecular complexity index is 840. The molecule has 0 bridgehead atoms. The van der Waals surface area contributed by atoms with Gasteiger partial charge < -0.3 is 15.4 Å². The van der Waals surface area contributed by atoms with Gasteiger partial charge in [0.2, 0.25) is 11.0 Å². The molecule has 0 radical (unpaired) electrons. The van der Waals surface area contributed by atoms with E-state index in [4.69, 9.17) is 16.3 Å². The van der Waals surface area contributed by atoms with Crippen LogP contribution in [0.5, 0.6) is 0 Å². The molecule has 1 heterocycles. The van der Waals surface area contributed by atoms with Crippen molar-refractivity contribution in [3.63, 3.8) is 0 Å². The topological polar surface area (TPSA) is 110 Å². The van der Waals surface area contributed by atoms with Crippen molar-refractivity contribution in [2.45, 2.75) is 33.1 Å². The molecule has 2 amide bonds. The lowest BCUT2D eigenvalue weighted by molar-refractivity contribution is -0.147. The summed E-state index contributed by atoms with van der Waals surface area (Å²) < 4.78 is 4.90. The minimum absolute atomic E-state index is 0.0339. The molecular formula is C17H19ClN4O4S. The van der Waals surface area contributed by atoms with Crippen molar-refractivity contribution in [1.29, 1.82) is 0 Å². The van der Waals surface area contributed by atoms with Gasteiger partial charge in [-0.1, -0.05) is 29.0 Å². The van der Waals surface area contributed by atoms with Gasteiger partial charge in [-0.3, -0.25) is 14.4 Å². The van der Waals surface area contributed by atoms with Gasteiger partial charge in [0, 0.05) is 23.6 Å². The Morgan fingerprint density at radius 2 is 1.89 bits per heavy atom. The number of ether oxygens (including phenoxy) is 1. The highest BCUT2D eigenvalue weighted by Crippen LogP contribution is 2.19. The molecule has 8 nitrogen and oxygen atoms in total. The van der Waals surface area contributed by atoms with Crippen LogP contribution in [0.4, 0.5) is 10.8 Å². The van der Waals surface area contributed by atoms with Gasteiger partial charge in [-0.05, 0) is 38.0 Å². The summed E-state index contributed by atoms with van der Waals surface area (Å²) in [5.41, 5.74) is 1.42. The number of hydrogen-bond acceptors (Lipinski definition) is 7. The number of benzene rings is 1. The fraction of sp³-hybridized carbons (Fsp3) is 0.353. The van der Waals surface area contributed by atoms with Crippen LogP contribution in [0, 0.1) is 13.8 Å². The fourth-order valence-electron chi connectivity index (χ4n) is 2.01. The monoisotopic (exact) mass is 410 g/mol. The molecule has 0 atom stereocenters. The minimum atomic E-state index is -0.549. The number of esters is 1. The lowest BCUT2D eigenvalue weighted by atomic mass is 10.2. The number of hydrogen-bond donors (Lipinski definition) is 2. The molecular weight excluding hydrogens is 392 g/mol. The zero-order chi connectivity index (χ0) is 19.8. The predicted molar refractivity (Wildman–Crippen MR) is 103 cm³/mol. The second-order valence-corrected chi connectivity index (χ2v) is 7.29. The number of nitrogens with zero attached hydrogens (tertiary/aromatic N) is 2. The molecule has 0 unspecified atom stereocenters. The van der Waals surface area contributed by atoms with E-state index < -0.39 is 18.5 Å². The van der Waals surface area contributed by atoms with E-state index in [0.29, 0.717) is 22.3 Å². The molecule has 0 spiro atoms. The molecule has 10 heteroatoms. The smallest absolute Gasteiger partial charge is 0.306 e. The van der Waals surface area contributed by atoms with Gasteiger partial charge in [-0.25, -0.2) is 0 Å². The maximum atomic E-state index is 11.8. The second-order valence-electron chi connectivity index (χ2n) is 5.70.